The molecule has 1 amide bonds. The van der Waals surface area contributed by atoms with Crippen LogP contribution >= 0.6 is 0 Å². The van der Waals surface area contributed by atoms with Crippen molar-refractivity contribution in [1.29, 1.82) is 0 Å². The molecule has 2 N–H and O–H groups in total. The molecular formula is C20H21F3N10O. The maximum atomic E-state index is 14.4. The van der Waals surface area contributed by atoms with E-state index in [1.165, 1.54) is 11.8 Å². The van der Waals surface area contributed by atoms with Crippen LogP contribution in [-0.4, -0.2) is 84.2 Å². The van der Waals surface area contributed by atoms with E-state index in [2.05, 4.69) is 36.0 Å². The largest absolute Gasteiger partial charge is 0.371 e. The zero-order chi connectivity index (χ0) is 24.0. The molecule has 0 bridgehead atoms. The molecule has 1 aliphatic heterocycles. The van der Waals surface area contributed by atoms with Crippen molar-refractivity contribution < 1.29 is 18.0 Å². The second kappa shape index (κ2) is 8.43. The van der Waals surface area contributed by atoms with Crippen LogP contribution in [0, 0.1) is 0 Å². The Morgan fingerprint density at radius 3 is 2.76 bits per heavy atom. The number of nitrogens with zero attached hydrogens (tertiary/aromatic N) is 8. The topological polar surface area (TPSA) is 118 Å². The lowest BCUT2D eigenvalue weighted by Gasteiger charge is -2.16. The minimum Gasteiger partial charge on any atom is -0.371 e. The van der Waals surface area contributed by atoms with Crippen LogP contribution in [0.4, 0.5) is 24.9 Å². The minimum absolute atomic E-state index is 0.0208. The zero-order valence-electron chi connectivity index (χ0n) is 18.3. The molecule has 0 unspecified atom stereocenters. The van der Waals surface area contributed by atoms with Crippen LogP contribution in [0.25, 0.3) is 27.9 Å². The van der Waals surface area contributed by atoms with Gasteiger partial charge in [0.05, 0.1) is 18.3 Å². The summed E-state index contributed by atoms with van der Waals surface area (Å²) in [6, 6.07) is 4.52. The van der Waals surface area contributed by atoms with Crippen LogP contribution in [0.5, 0.6) is 0 Å². The number of alkyl halides is 3. The molecule has 0 aliphatic carbocycles. The number of fused-ring (bicyclic) bond motifs is 2. The Labute approximate surface area is 191 Å². The maximum absolute atomic E-state index is 14.4. The number of likely N-dealkylation sites (tertiary alicyclic amines) is 1. The normalized spacial score (nSPS) is 18.4. The first-order chi connectivity index (χ1) is 16.3. The van der Waals surface area contributed by atoms with Crippen molar-refractivity contribution in [3.8, 4) is 11.3 Å². The first kappa shape index (κ1) is 21.9. The van der Waals surface area contributed by atoms with Gasteiger partial charge in [-0.15, -0.1) is 10.2 Å². The lowest BCUT2D eigenvalue weighted by Crippen LogP contribution is -2.32. The van der Waals surface area contributed by atoms with Crippen molar-refractivity contribution in [3.63, 3.8) is 0 Å². The summed E-state index contributed by atoms with van der Waals surface area (Å²) in [5.74, 6) is 0.457. The van der Waals surface area contributed by atoms with Gasteiger partial charge >= 0.3 is 0 Å². The van der Waals surface area contributed by atoms with Crippen molar-refractivity contribution in [2.45, 2.75) is 32.1 Å². The number of anilines is 2. The van der Waals surface area contributed by atoms with Crippen molar-refractivity contribution in [2.24, 2.45) is 0 Å². The smallest absolute Gasteiger partial charge is 0.258 e. The fourth-order valence-corrected chi connectivity index (χ4v) is 4.05. The first-order valence-electron chi connectivity index (χ1n) is 10.6. The summed E-state index contributed by atoms with van der Waals surface area (Å²) >= 11 is 0. The quantitative estimate of drug-likeness (QED) is 0.435. The van der Waals surface area contributed by atoms with E-state index < -0.39 is 25.2 Å². The summed E-state index contributed by atoms with van der Waals surface area (Å²) in [7, 11) is 1.69. The molecule has 5 heterocycles. The van der Waals surface area contributed by atoms with Crippen molar-refractivity contribution in [3.05, 3.63) is 24.4 Å². The average Bonchev–Trinajstić information content (AvgIpc) is 3.50. The van der Waals surface area contributed by atoms with E-state index in [1.54, 1.807) is 36.0 Å². The van der Waals surface area contributed by atoms with Gasteiger partial charge in [-0.05, 0) is 18.2 Å². The lowest BCUT2D eigenvalue weighted by molar-refractivity contribution is -0.128. The number of amides is 1. The first-order valence-corrected chi connectivity index (χ1v) is 10.6. The van der Waals surface area contributed by atoms with Crippen molar-refractivity contribution >= 4 is 34.4 Å². The molecule has 11 nitrogen and oxygen atoms in total. The number of rotatable bonds is 6. The summed E-state index contributed by atoms with van der Waals surface area (Å²) in [6.45, 7) is 1.03. The number of hydrogen-bond donors (Lipinski definition) is 2. The van der Waals surface area contributed by atoms with Gasteiger partial charge in [0.15, 0.2) is 11.5 Å². The second-order valence-electron chi connectivity index (χ2n) is 7.95. The molecule has 5 rings (SSSR count). The summed E-state index contributed by atoms with van der Waals surface area (Å²) < 4.78 is 42.8. The predicted octanol–water partition coefficient (Wildman–Crippen LogP) is 1.82. The monoisotopic (exact) mass is 474 g/mol. The van der Waals surface area contributed by atoms with E-state index in [-0.39, 0.29) is 30.6 Å². The van der Waals surface area contributed by atoms with Crippen molar-refractivity contribution in [1.82, 2.24) is 39.5 Å². The molecule has 4 aromatic rings. The van der Waals surface area contributed by atoms with Gasteiger partial charge in [0.25, 0.3) is 6.43 Å². The third-order valence-corrected chi connectivity index (χ3v) is 5.70. The van der Waals surface area contributed by atoms with E-state index in [1.807, 2.05) is 0 Å². The van der Waals surface area contributed by atoms with Crippen molar-refractivity contribution in [2.75, 3.05) is 30.8 Å². The Hall–Kier alpha value is -3.97. The van der Waals surface area contributed by atoms with Crippen LogP contribution < -0.4 is 10.6 Å². The highest BCUT2D eigenvalue weighted by Gasteiger charge is 2.34. The van der Waals surface area contributed by atoms with E-state index >= 15 is 0 Å². The van der Waals surface area contributed by atoms with Crippen LogP contribution in [-0.2, 0) is 11.3 Å². The highest BCUT2D eigenvalue weighted by molar-refractivity contribution is 5.89. The molecule has 0 saturated carbocycles. The van der Waals surface area contributed by atoms with Gasteiger partial charge in [-0.2, -0.15) is 4.98 Å². The molecule has 0 radical (unpaired) electrons. The standard InChI is InChI=1S/C20H21F3N10O/c1-10(34)31-7-12(21)15(8-31)26-20-27-18(24-2)17-11(5-6-32(17)29-20)13-3-4-14-19(25-13)33(30-28-14)9-16(22)23/h3-6,12,15-16H,7-9H2,1-2H3,(H2,24,26,27,29)/t12-,15+/m0/s1. The van der Waals surface area contributed by atoms with E-state index in [4.69, 9.17) is 0 Å². The summed E-state index contributed by atoms with van der Waals surface area (Å²) in [5.41, 5.74) is 2.41. The Morgan fingerprint density at radius 2 is 2.06 bits per heavy atom. The predicted molar refractivity (Wildman–Crippen MR) is 117 cm³/mol. The number of carbonyl (C=O) groups is 1. The van der Waals surface area contributed by atoms with E-state index in [9.17, 15) is 18.0 Å². The lowest BCUT2D eigenvalue weighted by atomic mass is 10.2. The van der Waals surface area contributed by atoms with Gasteiger partial charge in [-0.25, -0.2) is 27.4 Å². The average molecular weight is 474 g/mol. The van der Waals surface area contributed by atoms with Crippen LogP contribution in [0.15, 0.2) is 24.4 Å². The Balaban J connectivity index is 1.50. The Morgan fingerprint density at radius 1 is 1.24 bits per heavy atom. The van der Waals surface area contributed by atoms with Crippen LogP contribution in [0.1, 0.15) is 6.92 Å². The fraction of sp³-hybridized carbons (Fsp3) is 0.400. The highest BCUT2D eigenvalue weighted by atomic mass is 19.3. The van der Waals surface area contributed by atoms with E-state index in [0.717, 1.165) is 4.68 Å². The summed E-state index contributed by atoms with van der Waals surface area (Å²) in [6.07, 6.45) is -2.14. The third-order valence-electron chi connectivity index (χ3n) is 5.70. The Kier molecular flexibility index (Phi) is 5.42. The van der Waals surface area contributed by atoms with Gasteiger partial charge in [0, 0.05) is 32.3 Å². The van der Waals surface area contributed by atoms with Gasteiger partial charge < -0.3 is 15.5 Å². The maximum Gasteiger partial charge on any atom is 0.258 e. The van der Waals surface area contributed by atoms with Gasteiger partial charge in [0.2, 0.25) is 11.9 Å². The molecule has 178 valence electrons. The number of nitrogens with one attached hydrogen (secondary N) is 2. The zero-order valence-corrected chi connectivity index (χ0v) is 18.3. The summed E-state index contributed by atoms with van der Waals surface area (Å²) in [5, 5.41) is 18.1. The summed E-state index contributed by atoms with van der Waals surface area (Å²) in [4.78, 5) is 22.0. The molecule has 14 heteroatoms. The SMILES string of the molecule is CNc1nc(N[C@@H]2CN(C(C)=O)C[C@@H]2F)nn2ccc(-c3ccc4nnn(CC(F)F)c4n3)c12. The van der Waals surface area contributed by atoms with Crippen LogP contribution in [0.2, 0.25) is 0 Å². The van der Waals surface area contributed by atoms with Gasteiger partial charge in [-0.1, -0.05) is 5.21 Å². The molecular weight excluding hydrogens is 453 g/mol. The van der Waals surface area contributed by atoms with E-state index in [0.29, 0.717) is 28.1 Å². The fourth-order valence-electron chi connectivity index (χ4n) is 4.05. The number of aromatic nitrogens is 7. The number of carbonyl (C=O) groups excluding carboxylic acids is 1. The molecule has 1 aliphatic rings. The third kappa shape index (κ3) is 3.84. The molecule has 34 heavy (non-hydrogen) atoms. The molecule has 1 saturated heterocycles. The molecule has 2 atom stereocenters. The molecule has 4 aromatic heterocycles. The number of hydrogen-bond acceptors (Lipinski definition) is 8. The molecule has 0 aromatic carbocycles. The minimum atomic E-state index is -2.59. The Bertz CT molecular complexity index is 1370. The molecule has 0 spiro atoms. The number of halogens is 3. The highest BCUT2D eigenvalue weighted by Crippen LogP contribution is 2.30. The number of pyridine rings is 1. The molecule has 1 fully saturated rings. The second-order valence-corrected chi connectivity index (χ2v) is 7.95. The van der Waals surface area contributed by atoms with Gasteiger partial charge in [0.1, 0.15) is 23.7 Å². The van der Waals surface area contributed by atoms with Gasteiger partial charge in [-0.3, -0.25) is 4.79 Å². The van der Waals surface area contributed by atoms with Crippen LogP contribution in [0.3, 0.4) is 0 Å².